The first kappa shape index (κ1) is 11.3. The quantitative estimate of drug-likeness (QED) is 0.599. The molecule has 0 heterocycles. The van der Waals surface area contributed by atoms with Gasteiger partial charge in [0.25, 0.3) is 0 Å². The van der Waals surface area contributed by atoms with E-state index >= 15 is 0 Å². The lowest BCUT2D eigenvalue weighted by Crippen LogP contribution is -2.21. The lowest BCUT2D eigenvalue weighted by atomic mass is 10.2. The van der Waals surface area contributed by atoms with Crippen LogP contribution in [0.15, 0.2) is 18.2 Å². The van der Waals surface area contributed by atoms with Crippen LogP contribution in [0.25, 0.3) is 0 Å². The highest BCUT2D eigenvalue weighted by Crippen LogP contribution is 2.20. The number of nitrogens with zero attached hydrogens (tertiary/aromatic N) is 1. The average molecular weight is 208 g/mol. The van der Waals surface area contributed by atoms with Gasteiger partial charge < -0.3 is 20.7 Å². The zero-order valence-electron chi connectivity index (χ0n) is 8.05. The van der Waals surface area contributed by atoms with Crippen molar-refractivity contribution < 1.29 is 14.9 Å². The van der Waals surface area contributed by atoms with Crippen molar-refractivity contribution in [2.75, 3.05) is 18.9 Å². The van der Waals surface area contributed by atoms with Crippen LogP contribution in [0, 0.1) is 11.3 Å². The third-order valence-corrected chi connectivity index (χ3v) is 1.77. The Balaban J connectivity index is 2.73. The SMILES string of the molecule is N#Cc1cc(N)ccc1OCC(O)CO. The predicted octanol–water partition coefficient (Wildman–Crippen LogP) is -0.128. The summed E-state index contributed by atoms with van der Waals surface area (Å²) in [6, 6.07) is 6.57. The highest BCUT2D eigenvalue weighted by Gasteiger charge is 2.07. The molecule has 5 nitrogen and oxygen atoms in total. The summed E-state index contributed by atoms with van der Waals surface area (Å²) < 4.78 is 5.15. The van der Waals surface area contributed by atoms with Gasteiger partial charge in [0.1, 0.15) is 24.5 Å². The maximum Gasteiger partial charge on any atom is 0.137 e. The lowest BCUT2D eigenvalue weighted by molar-refractivity contribution is 0.0535. The molecule has 1 atom stereocenters. The molecule has 0 saturated heterocycles. The number of aliphatic hydroxyl groups is 2. The van der Waals surface area contributed by atoms with E-state index in [1.807, 2.05) is 6.07 Å². The van der Waals surface area contributed by atoms with E-state index in [4.69, 9.17) is 25.9 Å². The monoisotopic (exact) mass is 208 g/mol. The van der Waals surface area contributed by atoms with Gasteiger partial charge in [0.05, 0.1) is 12.2 Å². The van der Waals surface area contributed by atoms with Crippen LogP contribution in [-0.4, -0.2) is 29.5 Å². The van der Waals surface area contributed by atoms with Crippen molar-refractivity contribution in [3.8, 4) is 11.8 Å². The number of aliphatic hydroxyl groups excluding tert-OH is 2. The van der Waals surface area contributed by atoms with E-state index in [1.54, 1.807) is 12.1 Å². The highest BCUT2D eigenvalue weighted by atomic mass is 16.5. The Labute approximate surface area is 87.3 Å². The second kappa shape index (κ2) is 5.20. The fraction of sp³-hybridized carbons (Fsp3) is 0.300. The van der Waals surface area contributed by atoms with Crippen LogP contribution >= 0.6 is 0 Å². The molecule has 0 aliphatic rings. The van der Waals surface area contributed by atoms with Gasteiger partial charge in [-0.15, -0.1) is 0 Å². The average Bonchev–Trinajstić information content (AvgIpc) is 2.26. The number of hydrogen-bond acceptors (Lipinski definition) is 5. The Morgan fingerprint density at radius 3 is 2.87 bits per heavy atom. The molecular weight excluding hydrogens is 196 g/mol. The minimum Gasteiger partial charge on any atom is -0.489 e. The van der Waals surface area contributed by atoms with E-state index in [0.717, 1.165) is 0 Å². The maximum absolute atomic E-state index is 9.05. The Bertz CT molecular complexity index is 373. The molecule has 0 radical (unpaired) electrons. The van der Waals surface area contributed by atoms with Gasteiger partial charge in [0.15, 0.2) is 0 Å². The summed E-state index contributed by atoms with van der Waals surface area (Å²) in [6.45, 7) is -0.439. The molecule has 1 rings (SSSR count). The summed E-state index contributed by atoms with van der Waals surface area (Å²) in [4.78, 5) is 0. The Morgan fingerprint density at radius 1 is 1.53 bits per heavy atom. The number of nitriles is 1. The first-order chi connectivity index (χ1) is 7.17. The van der Waals surface area contributed by atoms with Gasteiger partial charge in [-0.05, 0) is 18.2 Å². The summed E-state index contributed by atoms with van der Waals surface area (Å²) in [6.07, 6.45) is -0.950. The number of nitrogens with two attached hydrogens (primary N) is 1. The fourth-order valence-corrected chi connectivity index (χ4v) is 1.000. The predicted molar refractivity (Wildman–Crippen MR) is 54.2 cm³/mol. The topological polar surface area (TPSA) is 99.5 Å². The Kier molecular flexibility index (Phi) is 3.92. The van der Waals surface area contributed by atoms with Crippen molar-refractivity contribution in [1.29, 1.82) is 5.26 Å². The van der Waals surface area contributed by atoms with Crippen LogP contribution < -0.4 is 10.5 Å². The number of anilines is 1. The number of rotatable bonds is 4. The van der Waals surface area contributed by atoms with Crippen LogP contribution in [-0.2, 0) is 0 Å². The van der Waals surface area contributed by atoms with Gasteiger partial charge in [-0.2, -0.15) is 5.26 Å². The molecule has 80 valence electrons. The van der Waals surface area contributed by atoms with Gasteiger partial charge in [-0.25, -0.2) is 0 Å². The van der Waals surface area contributed by atoms with E-state index in [-0.39, 0.29) is 13.2 Å². The minimum absolute atomic E-state index is 0.0604. The van der Waals surface area contributed by atoms with Gasteiger partial charge in [0, 0.05) is 5.69 Å². The minimum atomic E-state index is -0.950. The van der Waals surface area contributed by atoms with Crippen LogP contribution in [0.4, 0.5) is 5.69 Å². The molecule has 0 aliphatic heterocycles. The molecule has 15 heavy (non-hydrogen) atoms. The highest BCUT2D eigenvalue weighted by molar-refractivity contribution is 5.53. The summed E-state index contributed by atoms with van der Waals surface area (Å²) in [7, 11) is 0. The van der Waals surface area contributed by atoms with E-state index in [9.17, 15) is 0 Å². The molecule has 4 N–H and O–H groups in total. The number of nitrogen functional groups attached to an aromatic ring is 1. The normalized spacial score (nSPS) is 11.8. The zero-order chi connectivity index (χ0) is 11.3. The molecular formula is C10H12N2O3. The number of benzene rings is 1. The number of ether oxygens (including phenoxy) is 1. The van der Waals surface area contributed by atoms with E-state index in [1.165, 1.54) is 6.07 Å². The molecule has 0 fully saturated rings. The standard InChI is InChI=1S/C10H12N2O3/c11-4-7-3-8(12)1-2-10(7)15-6-9(14)5-13/h1-3,9,13-14H,5-6,12H2. The van der Waals surface area contributed by atoms with Crippen molar-refractivity contribution in [3.05, 3.63) is 23.8 Å². The molecule has 5 heteroatoms. The molecule has 0 bridgehead atoms. The number of hydrogen-bond donors (Lipinski definition) is 3. The second-order valence-electron chi connectivity index (χ2n) is 3.01. The van der Waals surface area contributed by atoms with Crippen LogP contribution in [0.2, 0.25) is 0 Å². The van der Waals surface area contributed by atoms with E-state index in [0.29, 0.717) is 17.0 Å². The van der Waals surface area contributed by atoms with Crippen molar-refractivity contribution in [2.24, 2.45) is 0 Å². The molecule has 0 spiro atoms. The Morgan fingerprint density at radius 2 is 2.27 bits per heavy atom. The summed E-state index contributed by atoms with van der Waals surface area (Å²) in [5, 5.41) is 26.4. The van der Waals surface area contributed by atoms with Crippen molar-refractivity contribution in [3.63, 3.8) is 0 Å². The summed E-state index contributed by atoms with van der Waals surface area (Å²) in [5.74, 6) is 0.346. The van der Waals surface area contributed by atoms with Crippen molar-refractivity contribution in [2.45, 2.75) is 6.10 Å². The molecule has 0 amide bonds. The molecule has 1 unspecified atom stereocenters. The molecule has 0 saturated carbocycles. The smallest absolute Gasteiger partial charge is 0.137 e. The molecule has 1 aromatic rings. The van der Waals surface area contributed by atoms with Gasteiger partial charge in [0.2, 0.25) is 0 Å². The second-order valence-corrected chi connectivity index (χ2v) is 3.01. The summed E-state index contributed by atoms with van der Waals surface area (Å²) in [5.41, 5.74) is 6.27. The largest absolute Gasteiger partial charge is 0.489 e. The zero-order valence-corrected chi connectivity index (χ0v) is 8.05. The maximum atomic E-state index is 9.05. The molecule has 0 aromatic heterocycles. The first-order valence-corrected chi connectivity index (χ1v) is 4.38. The first-order valence-electron chi connectivity index (χ1n) is 4.38. The van der Waals surface area contributed by atoms with Crippen LogP contribution in [0.5, 0.6) is 5.75 Å². The third-order valence-electron chi connectivity index (χ3n) is 1.77. The van der Waals surface area contributed by atoms with Crippen molar-refractivity contribution >= 4 is 5.69 Å². The molecule has 1 aromatic carbocycles. The van der Waals surface area contributed by atoms with Gasteiger partial charge >= 0.3 is 0 Å². The van der Waals surface area contributed by atoms with Gasteiger partial charge in [-0.3, -0.25) is 0 Å². The van der Waals surface area contributed by atoms with E-state index < -0.39 is 6.10 Å². The van der Waals surface area contributed by atoms with Gasteiger partial charge in [-0.1, -0.05) is 0 Å². The fourth-order valence-electron chi connectivity index (χ4n) is 1.000. The van der Waals surface area contributed by atoms with Crippen molar-refractivity contribution in [1.82, 2.24) is 0 Å². The van der Waals surface area contributed by atoms with Crippen LogP contribution in [0.3, 0.4) is 0 Å². The Hall–Kier alpha value is -1.77. The van der Waals surface area contributed by atoms with E-state index in [2.05, 4.69) is 0 Å². The molecule has 0 aliphatic carbocycles. The summed E-state index contributed by atoms with van der Waals surface area (Å²) >= 11 is 0. The van der Waals surface area contributed by atoms with Crippen LogP contribution in [0.1, 0.15) is 5.56 Å². The lowest BCUT2D eigenvalue weighted by Gasteiger charge is -2.11. The third kappa shape index (κ3) is 3.13.